The summed E-state index contributed by atoms with van der Waals surface area (Å²) >= 11 is 0. The van der Waals surface area contributed by atoms with Gasteiger partial charge < -0.3 is 4.74 Å². The molecule has 1 heterocycles. The Morgan fingerprint density at radius 2 is 1.86 bits per heavy atom. The second kappa shape index (κ2) is 7.02. The standard InChI is InChI=1S/C18H21NO2/c1-13(2)9-17(18(20)21-3)16-10-15(11-19-12-16)14-7-5-4-6-8-14/h4-8,10-13,17H,9H2,1-3H3. The minimum absolute atomic E-state index is 0.198. The maximum absolute atomic E-state index is 12.0. The van der Waals surface area contributed by atoms with Crippen LogP contribution in [-0.4, -0.2) is 18.1 Å². The number of benzene rings is 1. The Bertz CT molecular complexity index is 593. The summed E-state index contributed by atoms with van der Waals surface area (Å²) in [6.45, 7) is 4.20. The normalized spacial score (nSPS) is 12.2. The molecule has 0 bridgehead atoms. The number of pyridine rings is 1. The van der Waals surface area contributed by atoms with Crippen LogP contribution in [0.5, 0.6) is 0 Å². The van der Waals surface area contributed by atoms with Crippen molar-refractivity contribution in [1.82, 2.24) is 4.98 Å². The van der Waals surface area contributed by atoms with Crippen LogP contribution in [0.4, 0.5) is 0 Å². The summed E-state index contributed by atoms with van der Waals surface area (Å²) in [5.41, 5.74) is 3.03. The number of esters is 1. The van der Waals surface area contributed by atoms with Gasteiger partial charge >= 0.3 is 5.97 Å². The van der Waals surface area contributed by atoms with E-state index < -0.39 is 0 Å². The molecule has 0 spiro atoms. The van der Waals surface area contributed by atoms with E-state index in [2.05, 4.69) is 18.8 Å². The lowest BCUT2D eigenvalue weighted by atomic mass is 9.90. The van der Waals surface area contributed by atoms with Crippen LogP contribution in [0.2, 0.25) is 0 Å². The molecular weight excluding hydrogens is 262 g/mol. The van der Waals surface area contributed by atoms with Crippen molar-refractivity contribution in [3.8, 4) is 11.1 Å². The quantitative estimate of drug-likeness (QED) is 0.777. The lowest BCUT2D eigenvalue weighted by Gasteiger charge is -2.17. The van der Waals surface area contributed by atoms with E-state index >= 15 is 0 Å². The Morgan fingerprint density at radius 3 is 2.48 bits per heavy atom. The predicted molar refractivity (Wildman–Crippen MR) is 83.9 cm³/mol. The third-order valence-electron chi connectivity index (χ3n) is 3.46. The van der Waals surface area contributed by atoms with E-state index in [9.17, 15) is 4.79 Å². The van der Waals surface area contributed by atoms with Crippen molar-refractivity contribution in [2.24, 2.45) is 5.92 Å². The van der Waals surface area contributed by atoms with Crippen molar-refractivity contribution < 1.29 is 9.53 Å². The number of hydrogen-bond donors (Lipinski definition) is 0. The molecule has 3 heteroatoms. The molecule has 0 fully saturated rings. The molecule has 2 rings (SSSR count). The molecule has 1 unspecified atom stereocenters. The van der Waals surface area contributed by atoms with Crippen LogP contribution in [-0.2, 0) is 9.53 Å². The van der Waals surface area contributed by atoms with E-state index in [4.69, 9.17) is 4.74 Å². The summed E-state index contributed by atoms with van der Waals surface area (Å²) in [4.78, 5) is 16.3. The average Bonchev–Trinajstić information content (AvgIpc) is 2.52. The van der Waals surface area contributed by atoms with E-state index in [0.717, 1.165) is 23.1 Å². The van der Waals surface area contributed by atoms with Crippen molar-refractivity contribution in [1.29, 1.82) is 0 Å². The highest BCUT2D eigenvalue weighted by Crippen LogP contribution is 2.28. The number of aromatic nitrogens is 1. The molecule has 0 aliphatic carbocycles. The van der Waals surface area contributed by atoms with Gasteiger partial charge in [-0.05, 0) is 29.5 Å². The van der Waals surface area contributed by atoms with Gasteiger partial charge in [-0.25, -0.2) is 0 Å². The molecule has 0 aliphatic rings. The van der Waals surface area contributed by atoms with E-state index in [0.29, 0.717) is 5.92 Å². The maximum atomic E-state index is 12.0. The highest BCUT2D eigenvalue weighted by atomic mass is 16.5. The number of methoxy groups -OCH3 is 1. The zero-order valence-corrected chi connectivity index (χ0v) is 12.7. The molecule has 2 aromatic rings. The molecule has 0 saturated carbocycles. The van der Waals surface area contributed by atoms with Crippen LogP contribution in [0.1, 0.15) is 31.7 Å². The van der Waals surface area contributed by atoms with Crippen molar-refractivity contribution in [2.45, 2.75) is 26.2 Å². The molecule has 0 saturated heterocycles. The van der Waals surface area contributed by atoms with Crippen LogP contribution < -0.4 is 0 Å². The summed E-state index contributed by atoms with van der Waals surface area (Å²) in [5.74, 6) is -0.0450. The fourth-order valence-corrected chi connectivity index (χ4v) is 2.42. The van der Waals surface area contributed by atoms with Gasteiger partial charge in [0, 0.05) is 18.0 Å². The van der Waals surface area contributed by atoms with Crippen LogP contribution in [0.25, 0.3) is 11.1 Å². The average molecular weight is 283 g/mol. The minimum Gasteiger partial charge on any atom is -0.469 e. The summed E-state index contributed by atoms with van der Waals surface area (Å²) in [6.07, 6.45) is 4.34. The molecule has 21 heavy (non-hydrogen) atoms. The second-order valence-electron chi connectivity index (χ2n) is 5.58. The van der Waals surface area contributed by atoms with Gasteiger partial charge in [-0.15, -0.1) is 0 Å². The number of hydrogen-bond acceptors (Lipinski definition) is 3. The first-order valence-electron chi connectivity index (χ1n) is 7.20. The van der Waals surface area contributed by atoms with Crippen LogP contribution >= 0.6 is 0 Å². The number of nitrogens with zero attached hydrogens (tertiary/aromatic N) is 1. The molecule has 3 nitrogen and oxygen atoms in total. The molecule has 1 aromatic heterocycles. The first kappa shape index (κ1) is 15.2. The summed E-state index contributed by atoms with van der Waals surface area (Å²) in [6, 6.07) is 12.1. The zero-order chi connectivity index (χ0) is 15.2. The maximum Gasteiger partial charge on any atom is 0.313 e. The fourth-order valence-electron chi connectivity index (χ4n) is 2.42. The second-order valence-corrected chi connectivity index (χ2v) is 5.58. The van der Waals surface area contributed by atoms with Gasteiger partial charge in [0.15, 0.2) is 0 Å². The van der Waals surface area contributed by atoms with Gasteiger partial charge in [0.05, 0.1) is 13.0 Å². The molecule has 0 N–H and O–H groups in total. The van der Waals surface area contributed by atoms with Crippen molar-refractivity contribution in [3.63, 3.8) is 0 Å². The molecule has 0 amide bonds. The molecule has 0 aliphatic heterocycles. The first-order chi connectivity index (χ1) is 10.1. The van der Waals surface area contributed by atoms with Crippen molar-refractivity contribution >= 4 is 5.97 Å². The van der Waals surface area contributed by atoms with E-state index in [1.807, 2.05) is 42.6 Å². The lowest BCUT2D eigenvalue weighted by Crippen LogP contribution is -2.16. The highest BCUT2D eigenvalue weighted by Gasteiger charge is 2.23. The summed E-state index contributed by atoms with van der Waals surface area (Å²) in [5, 5.41) is 0. The smallest absolute Gasteiger partial charge is 0.313 e. The number of carbonyl (C=O) groups is 1. The SMILES string of the molecule is COC(=O)C(CC(C)C)c1cncc(-c2ccccc2)c1. The molecule has 1 aromatic carbocycles. The summed E-state index contributed by atoms with van der Waals surface area (Å²) in [7, 11) is 1.43. The number of ether oxygens (including phenoxy) is 1. The van der Waals surface area contributed by atoms with Crippen LogP contribution in [0.3, 0.4) is 0 Å². The Morgan fingerprint density at radius 1 is 1.14 bits per heavy atom. The monoisotopic (exact) mass is 283 g/mol. The van der Waals surface area contributed by atoms with Crippen LogP contribution in [0, 0.1) is 5.92 Å². The lowest BCUT2D eigenvalue weighted by molar-refractivity contribution is -0.142. The van der Waals surface area contributed by atoms with Gasteiger partial charge in [0.1, 0.15) is 0 Å². The predicted octanol–water partition coefficient (Wildman–Crippen LogP) is 4.05. The Labute approximate surface area is 126 Å². The van der Waals surface area contributed by atoms with Gasteiger partial charge in [0.2, 0.25) is 0 Å². The number of rotatable bonds is 5. The topological polar surface area (TPSA) is 39.2 Å². The van der Waals surface area contributed by atoms with Gasteiger partial charge in [0.25, 0.3) is 0 Å². The summed E-state index contributed by atoms with van der Waals surface area (Å²) < 4.78 is 4.95. The third kappa shape index (κ3) is 3.91. The molecule has 0 radical (unpaired) electrons. The molecule has 1 atom stereocenters. The Balaban J connectivity index is 2.36. The van der Waals surface area contributed by atoms with Gasteiger partial charge in [-0.2, -0.15) is 0 Å². The zero-order valence-electron chi connectivity index (χ0n) is 12.7. The van der Waals surface area contributed by atoms with Crippen molar-refractivity contribution in [3.05, 3.63) is 54.4 Å². The van der Waals surface area contributed by atoms with Gasteiger partial charge in [-0.3, -0.25) is 9.78 Å². The van der Waals surface area contributed by atoms with Crippen molar-refractivity contribution in [2.75, 3.05) is 7.11 Å². The van der Waals surface area contributed by atoms with E-state index in [1.165, 1.54) is 7.11 Å². The molecule has 110 valence electrons. The van der Waals surface area contributed by atoms with E-state index in [1.54, 1.807) is 6.20 Å². The fraction of sp³-hybridized carbons (Fsp3) is 0.333. The van der Waals surface area contributed by atoms with E-state index in [-0.39, 0.29) is 11.9 Å². The Hall–Kier alpha value is -2.16. The highest BCUT2D eigenvalue weighted by molar-refractivity contribution is 5.78. The first-order valence-corrected chi connectivity index (χ1v) is 7.20. The van der Waals surface area contributed by atoms with Crippen LogP contribution in [0.15, 0.2) is 48.8 Å². The van der Waals surface area contributed by atoms with Gasteiger partial charge in [-0.1, -0.05) is 44.2 Å². The third-order valence-corrected chi connectivity index (χ3v) is 3.46. The number of carbonyl (C=O) groups excluding carboxylic acids is 1. The minimum atomic E-state index is -0.258. The Kier molecular flexibility index (Phi) is 5.09. The largest absolute Gasteiger partial charge is 0.469 e. The molecular formula is C18H21NO2.